The molecule has 1 aromatic rings. The van der Waals surface area contributed by atoms with E-state index in [1.54, 1.807) is 11.3 Å². The van der Waals surface area contributed by atoms with Gasteiger partial charge in [-0.15, -0.1) is 11.8 Å². The van der Waals surface area contributed by atoms with E-state index in [4.69, 9.17) is 0 Å². The number of nitrogens with one attached hydrogen (secondary N) is 1. The predicted molar refractivity (Wildman–Crippen MR) is 147 cm³/mol. The summed E-state index contributed by atoms with van der Waals surface area (Å²) in [7, 11) is 0. The minimum absolute atomic E-state index is 0.0331. The Kier molecular flexibility index (Phi) is 10.4. The van der Waals surface area contributed by atoms with Gasteiger partial charge in [0.25, 0.3) is 0 Å². The molecule has 4 rings (SSSR count). The van der Waals surface area contributed by atoms with Gasteiger partial charge in [-0.1, -0.05) is 62.4 Å². The lowest BCUT2D eigenvalue weighted by Gasteiger charge is -2.29. The van der Waals surface area contributed by atoms with Crippen LogP contribution in [0.25, 0.3) is 0 Å². The van der Waals surface area contributed by atoms with Gasteiger partial charge in [0.05, 0.1) is 9.90 Å². The highest BCUT2D eigenvalue weighted by Crippen LogP contribution is 2.38. The van der Waals surface area contributed by atoms with Crippen molar-refractivity contribution in [3.63, 3.8) is 0 Å². The molecule has 3 fully saturated rings. The van der Waals surface area contributed by atoms with Crippen molar-refractivity contribution in [2.45, 2.75) is 102 Å². The van der Waals surface area contributed by atoms with Crippen LogP contribution in [-0.2, 0) is 4.79 Å². The topological polar surface area (TPSA) is 45.2 Å². The quantitative estimate of drug-likeness (QED) is 0.213. The molecule has 1 aromatic heterocycles. The number of thiazole rings is 1. The smallest absolute Gasteiger partial charge is 0.250 e. The maximum Gasteiger partial charge on any atom is 0.250 e. The molecule has 1 saturated heterocycles. The van der Waals surface area contributed by atoms with Crippen molar-refractivity contribution in [3.8, 4) is 0 Å². The number of carbonyl (C=O) groups excluding carboxylic acids is 1. The molecule has 0 spiro atoms. The Hall–Kier alpha value is -0.850. The van der Waals surface area contributed by atoms with Crippen LogP contribution in [0.2, 0.25) is 0 Å². The standard InChI is InChI=1S/C28H45N3OS2/c1-21-11-13-23(14-12-21)19-25(24-9-5-3-4-6-10-24)20-26(32)30-28-29-22(2)27(34-28)33-18-17-31-15-7-8-16-31/h20-21,23-24H,3-19H2,1-2H3,(H,29,30,32)/b25-20-. The molecule has 34 heavy (non-hydrogen) atoms. The highest BCUT2D eigenvalue weighted by atomic mass is 32.2. The maximum atomic E-state index is 13.1. The number of nitrogens with zero attached hydrogens (tertiary/aromatic N) is 2. The first-order valence-electron chi connectivity index (χ1n) is 13.9. The Morgan fingerprint density at radius 2 is 1.76 bits per heavy atom. The van der Waals surface area contributed by atoms with Crippen LogP contribution < -0.4 is 5.32 Å². The Labute approximate surface area is 215 Å². The Morgan fingerprint density at radius 3 is 2.47 bits per heavy atom. The van der Waals surface area contributed by atoms with Gasteiger partial charge in [-0.2, -0.15) is 0 Å². The molecule has 4 nitrogen and oxygen atoms in total. The summed E-state index contributed by atoms with van der Waals surface area (Å²) in [6.07, 6.45) is 19.0. The van der Waals surface area contributed by atoms with Crippen molar-refractivity contribution >= 4 is 34.1 Å². The third-order valence-electron chi connectivity index (χ3n) is 8.18. The Morgan fingerprint density at radius 1 is 1.06 bits per heavy atom. The van der Waals surface area contributed by atoms with Gasteiger partial charge < -0.3 is 4.90 Å². The maximum absolute atomic E-state index is 13.1. The average molecular weight is 504 g/mol. The van der Waals surface area contributed by atoms with E-state index in [0.717, 1.165) is 41.4 Å². The van der Waals surface area contributed by atoms with Gasteiger partial charge in [0.1, 0.15) is 0 Å². The summed E-state index contributed by atoms with van der Waals surface area (Å²) in [6, 6.07) is 0. The van der Waals surface area contributed by atoms with Crippen molar-refractivity contribution in [3.05, 3.63) is 17.3 Å². The fourth-order valence-electron chi connectivity index (χ4n) is 6.01. The molecule has 2 saturated carbocycles. The molecule has 0 atom stereocenters. The van der Waals surface area contributed by atoms with Crippen molar-refractivity contribution in [2.75, 3.05) is 30.7 Å². The van der Waals surface area contributed by atoms with E-state index in [1.807, 2.05) is 17.8 Å². The lowest BCUT2D eigenvalue weighted by Crippen LogP contribution is -2.21. The zero-order valence-corrected chi connectivity index (χ0v) is 23.1. The summed E-state index contributed by atoms with van der Waals surface area (Å²) in [5.41, 5.74) is 2.48. The molecule has 2 heterocycles. The largest absolute Gasteiger partial charge is 0.303 e. The minimum Gasteiger partial charge on any atom is -0.303 e. The molecule has 0 unspecified atom stereocenters. The van der Waals surface area contributed by atoms with Crippen molar-refractivity contribution < 1.29 is 4.79 Å². The van der Waals surface area contributed by atoms with Gasteiger partial charge in [-0.25, -0.2) is 4.98 Å². The van der Waals surface area contributed by atoms with Crippen LogP contribution in [0.1, 0.15) is 96.1 Å². The molecule has 1 aliphatic heterocycles. The number of aromatic nitrogens is 1. The predicted octanol–water partition coefficient (Wildman–Crippen LogP) is 7.69. The van der Waals surface area contributed by atoms with Gasteiger partial charge in [-0.3, -0.25) is 10.1 Å². The lowest BCUT2D eigenvalue weighted by atomic mass is 9.77. The van der Waals surface area contributed by atoms with Crippen LogP contribution in [0.15, 0.2) is 15.9 Å². The summed E-state index contributed by atoms with van der Waals surface area (Å²) in [5.74, 6) is 3.37. The second-order valence-electron chi connectivity index (χ2n) is 11.0. The van der Waals surface area contributed by atoms with Gasteiger partial charge in [0.15, 0.2) is 5.13 Å². The van der Waals surface area contributed by atoms with Crippen molar-refractivity contribution in [1.82, 2.24) is 9.88 Å². The third-order valence-corrected chi connectivity index (χ3v) is 10.6. The number of carbonyl (C=O) groups is 1. The summed E-state index contributed by atoms with van der Waals surface area (Å²) < 4.78 is 1.25. The molecule has 190 valence electrons. The number of hydrogen-bond acceptors (Lipinski definition) is 5. The summed E-state index contributed by atoms with van der Waals surface area (Å²) >= 11 is 3.54. The first-order valence-corrected chi connectivity index (χ1v) is 15.7. The third kappa shape index (κ3) is 8.09. The molecule has 0 aromatic carbocycles. The molecule has 1 amide bonds. The zero-order valence-electron chi connectivity index (χ0n) is 21.4. The summed E-state index contributed by atoms with van der Waals surface area (Å²) in [4.78, 5) is 20.4. The monoisotopic (exact) mass is 503 g/mol. The molecule has 0 radical (unpaired) electrons. The average Bonchev–Trinajstić information content (AvgIpc) is 3.35. The Bertz CT molecular complexity index is 799. The highest BCUT2D eigenvalue weighted by molar-refractivity contribution is 8.01. The summed E-state index contributed by atoms with van der Waals surface area (Å²) in [6.45, 7) is 8.11. The number of allylic oxidation sites excluding steroid dienone is 1. The minimum atomic E-state index is 0.0331. The van der Waals surface area contributed by atoms with Gasteiger partial charge in [0, 0.05) is 18.4 Å². The van der Waals surface area contributed by atoms with E-state index >= 15 is 0 Å². The molecule has 6 heteroatoms. The fourth-order valence-corrected chi connectivity index (χ4v) is 8.23. The zero-order chi connectivity index (χ0) is 23.8. The lowest BCUT2D eigenvalue weighted by molar-refractivity contribution is -0.112. The second-order valence-corrected chi connectivity index (χ2v) is 13.4. The van der Waals surface area contributed by atoms with Crippen molar-refractivity contribution in [2.24, 2.45) is 17.8 Å². The van der Waals surface area contributed by atoms with Crippen LogP contribution in [-0.4, -0.2) is 41.2 Å². The Balaban J connectivity index is 1.36. The number of rotatable bonds is 9. The van der Waals surface area contributed by atoms with Gasteiger partial charge >= 0.3 is 0 Å². The molecular formula is C28H45N3OS2. The first kappa shape index (κ1) is 26.2. The normalized spacial score (nSPS) is 25.4. The molecular weight excluding hydrogens is 458 g/mol. The van der Waals surface area contributed by atoms with E-state index in [9.17, 15) is 4.79 Å². The molecule has 3 aliphatic rings. The molecule has 1 N–H and O–H groups in total. The van der Waals surface area contributed by atoms with Crippen LogP contribution >= 0.6 is 23.1 Å². The number of anilines is 1. The van der Waals surface area contributed by atoms with E-state index in [1.165, 1.54) is 99.9 Å². The fraction of sp³-hybridized carbons (Fsp3) is 0.786. The van der Waals surface area contributed by atoms with Crippen LogP contribution in [0.5, 0.6) is 0 Å². The first-order chi connectivity index (χ1) is 16.6. The second kappa shape index (κ2) is 13.5. The number of aryl methyl sites for hydroxylation is 1. The van der Waals surface area contributed by atoms with E-state index in [-0.39, 0.29) is 5.91 Å². The van der Waals surface area contributed by atoms with Gasteiger partial charge in [-0.05, 0) is 82.7 Å². The number of likely N-dealkylation sites (tertiary alicyclic amines) is 1. The molecule has 2 aliphatic carbocycles. The SMILES string of the molecule is Cc1nc(NC(=O)/C=C(/CC2CCC(C)CC2)C2CCCCCC2)sc1SCCN1CCCC1. The van der Waals surface area contributed by atoms with E-state index in [2.05, 4.69) is 29.0 Å². The van der Waals surface area contributed by atoms with Crippen LogP contribution in [0.4, 0.5) is 5.13 Å². The van der Waals surface area contributed by atoms with Gasteiger partial charge in [0.2, 0.25) is 5.91 Å². The van der Waals surface area contributed by atoms with Crippen molar-refractivity contribution in [1.29, 1.82) is 0 Å². The molecule has 0 bridgehead atoms. The summed E-state index contributed by atoms with van der Waals surface area (Å²) in [5, 5.41) is 3.89. The number of thioether (sulfide) groups is 1. The number of amides is 1. The van der Waals surface area contributed by atoms with E-state index < -0.39 is 0 Å². The van der Waals surface area contributed by atoms with Crippen LogP contribution in [0, 0.1) is 24.7 Å². The van der Waals surface area contributed by atoms with E-state index in [0.29, 0.717) is 5.92 Å². The number of hydrogen-bond donors (Lipinski definition) is 1. The highest BCUT2D eigenvalue weighted by Gasteiger charge is 2.24. The van der Waals surface area contributed by atoms with Crippen LogP contribution in [0.3, 0.4) is 0 Å².